The molecule has 0 spiro atoms. The van der Waals surface area contributed by atoms with Crippen LogP contribution in [0.15, 0.2) is 42.5 Å². The monoisotopic (exact) mass is 584 g/mol. The maximum Gasteiger partial charge on any atom is 0.318 e. The molecule has 1 fully saturated rings. The van der Waals surface area contributed by atoms with Gasteiger partial charge in [0.1, 0.15) is 11.8 Å². The highest BCUT2D eigenvalue weighted by Crippen LogP contribution is 2.31. The van der Waals surface area contributed by atoms with Crippen LogP contribution in [0.2, 0.25) is 5.02 Å². The van der Waals surface area contributed by atoms with Crippen molar-refractivity contribution >= 4 is 35.1 Å². The van der Waals surface area contributed by atoms with Crippen molar-refractivity contribution in [1.29, 1.82) is 0 Å². The lowest BCUT2D eigenvalue weighted by molar-refractivity contribution is -0.127. The van der Waals surface area contributed by atoms with Gasteiger partial charge in [-0.25, -0.2) is 4.79 Å². The fourth-order valence-corrected chi connectivity index (χ4v) is 5.10. The van der Waals surface area contributed by atoms with Crippen molar-refractivity contribution < 1.29 is 23.9 Å². The SMILES string of the molecule is CCOc1ccc(C(=O)N2C[C@@H](C)N(C(=O)NC(COC(C)(C)C)C(=O)NC3CCC3)Cc3ccccc32)c(Cl)c1. The van der Waals surface area contributed by atoms with Gasteiger partial charge in [0.05, 0.1) is 29.4 Å². The average molecular weight is 585 g/mol. The van der Waals surface area contributed by atoms with Crippen molar-refractivity contribution in [1.82, 2.24) is 15.5 Å². The number of amides is 4. The van der Waals surface area contributed by atoms with Crippen LogP contribution in [0.1, 0.15) is 69.8 Å². The molecule has 4 rings (SSSR count). The zero-order valence-corrected chi connectivity index (χ0v) is 25.3. The Bertz CT molecular complexity index is 1260. The van der Waals surface area contributed by atoms with Gasteiger partial charge in [0, 0.05) is 30.9 Å². The largest absolute Gasteiger partial charge is 0.494 e. The number of benzene rings is 2. The van der Waals surface area contributed by atoms with Crippen molar-refractivity contribution in [2.45, 2.75) is 84.2 Å². The third-order valence-corrected chi connectivity index (χ3v) is 7.65. The number of ether oxygens (including phenoxy) is 2. The number of fused-ring (bicyclic) bond motifs is 1. The molecule has 4 amide bonds. The van der Waals surface area contributed by atoms with Gasteiger partial charge in [0.2, 0.25) is 5.91 Å². The number of carbonyl (C=O) groups excluding carboxylic acids is 3. The Balaban J connectivity index is 1.55. The van der Waals surface area contributed by atoms with Crippen molar-refractivity contribution in [3.05, 3.63) is 58.6 Å². The van der Waals surface area contributed by atoms with Crippen molar-refractivity contribution in [2.75, 3.05) is 24.7 Å². The smallest absolute Gasteiger partial charge is 0.318 e. The van der Waals surface area contributed by atoms with E-state index in [1.807, 2.05) is 58.9 Å². The summed E-state index contributed by atoms with van der Waals surface area (Å²) in [5.74, 6) is 0.0703. The molecule has 10 heteroatoms. The van der Waals surface area contributed by atoms with Gasteiger partial charge in [-0.15, -0.1) is 0 Å². The summed E-state index contributed by atoms with van der Waals surface area (Å²) in [5, 5.41) is 6.24. The van der Waals surface area contributed by atoms with Gasteiger partial charge < -0.3 is 29.9 Å². The Morgan fingerprint density at radius 2 is 1.85 bits per heavy atom. The van der Waals surface area contributed by atoms with Crippen LogP contribution in [0.4, 0.5) is 10.5 Å². The lowest BCUT2D eigenvalue weighted by Crippen LogP contribution is -2.57. The van der Waals surface area contributed by atoms with Crippen LogP contribution in [-0.2, 0) is 16.1 Å². The highest BCUT2D eigenvalue weighted by atomic mass is 35.5. The Morgan fingerprint density at radius 3 is 2.49 bits per heavy atom. The van der Waals surface area contributed by atoms with Gasteiger partial charge in [-0.2, -0.15) is 0 Å². The molecular weight excluding hydrogens is 544 g/mol. The summed E-state index contributed by atoms with van der Waals surface area (Å²) in [4.78, 5) is 44.0. The van der Waals surface area contributed by atoms with E-state index in [1.54, 1.807) is 28.0 Å². The first-order valence-corrected chi connectivity index (χ1v) is 14.7. The minimum absolute atomic E-state index is 0.0491. The fraction of sp³-hybridized carbons (Fsp3) is 0.516. The molecule has 1 heterocycles. The number of para-hydroxylation sites is 1. The second-order valence-corrected chi connectivity index (χ2v) is 12.1. The van der Waals surface area contributed by atoms with E-state index in [1.165, 1.54) is 0 Å². The number of carbonyl (C=O) groups is 3. The molecule has 2 atom stereocenters. The van der Waals surface area contributed by atoms with Crippen molar-refractivity contribution in [3.63, 3.8) is 0 Å². The Hall–Kier alpha value is -3.30. The molecule has 41 heavy (non-hydrogen) atoms. The summed E-state index contributed by atoms with van der Waals surface area (Å²) >= 11 is 6.51. The minimum Gasteiger partial charge on any atom is -0.494 e. The molecule has 2 N–H and O–H groups in total. The highest BCUT2D eigenvalue weighted by molar-refractivity contribution is 6.34. The summed E-state index contributed by atoms with van der Waals surface area (Å²) in [5.41, 5.74) is 1.39. The Morgan fingerprint density at radius 1 is 1.12 bits per heavy atom. The third kappa shape index (κ3) is 7.71. The van der Waals surface area contributed by atoms with E-state index >= 15 is 0 Å². The first-order valence-electron chi connectivity index (χ1n) is 14.3. The topological polar surface area (TPSA) is 100 Å². The molecular formula is C31H41ClN4O5. The number of nitrogens with one attached hydrogen (secondary N) is 2. The van der Waals surface area contributed by atoms with E-state index < -0.39 is 17.7 Å². The van der Waals surface area contributed by atoms with E-state index in [0.29, 0.717) is 28.6 Å². The molecule has 0 bridgehead atoms. The van der Waals surface area contributed by atoms with E-state index in [-0.39, 0.29) is 43.6 Å². The van der Waals surface area contributed by atoms with E-state index in [2.05, 4.69) is 10.6 Å². The summed E-state index contributed by atoms with van der Waals surface area (Å²) in [7, 11) is 0. The molecule has 2 aromatic rings. The van der Waals surface area contributed by atoms with Gasteiger partial charge in [0.25, 0.3) is 5.91 Å². The summed E-state index contributed by atoms with van der Waals surface area (Å²) in [6.45, 7) is 10.5. The summed E-state index contributed by atoms with van der Waals surface area (Å²) < 4.78 is 11.4. The molecule has 1 unspecified atom stereocenters. The van der Waals surface area contributed by atoms with Crippen LogP contribution in [0.3, 0.4) is 0 Å². The molecule has 0 aromatic heterocycles. The number of hydrogen-bond acceptors (Lipinski definition) is 5. The first-order chi connectivity index (χ1) is 19.5. The standard InChI is InChI=1S/C31H41ClN4O5/c1-6-40-23-14-15-24(25(32)16-23)29(38)36-17-20(2)35(18-21-10-7-8-13-27(21)36)30(39)34-26(19-41-31(3,4)5)28(37)33-22-11-9-12-22/h7-8,10,13-16,20,22,26H,6,9,11-12,17-19H2,1-5H3,(H,33,37)(H,34,39)/t20-,26?/m1/s1. The molecule has 1 aliphatic heterocycles. The van der Waals surface area contributed by atoms with Gasteiger partial charge in [0.15, 0.2) is 0 Å². The first kappa shape index (κ1) is 30.7. The normalized spacial score (nSPS) is 18.0. The van der Waals surface area contributed by atoms with Crippen LogP contribution in [0.5, 0.6) is 5.75 Å². The Kier molecular flexibility index (Phi) is 9.81. The summed E-state index contributed by atoms with van der Waals surface area (Å²) in [6, 6.07) is 11.1. The second-order valence-electron chi connectivity index (χ2n) is 11.7. The Labute approximate surface area is 247 Å². The van der Waals surface area contributed by atoms with Crippen LogP contribution in [0, 0.1) is 0 Å². The van der Waals surface area contributed by atoms with E-state index in [9.17, 15) is 14.4 Å². The summed E-state index contributed by atoms with van der Waals surface area (Å²) in [6.07, 6.45) is 2.96. The zero-order valence-electron chi connectivity index (χ0n) is 24.5. The molecule has 0 radical (unpaired) electrons. The minimum atomic E-state index is -0.853. The lowest BCUT2D eigenvalue weighted by Gasteiger charge is -2.33. The number of rotatable bonds is 8. The molecule has 0 saturated heterocycles. The fourth-order valence-electron chi connectivity index (χ4n) is 4.85. The molecule has 1 aliphatic carbocycles. The molecule has 2 aliphatic rings. The quantitative estimate of drug-likeness (QED) is 0.447. The lowest BCUT2D eigenvalue weighted by atomic mass is 9.93. The van der Waals surface area contributed by atoms with Gasteiger partial charge in [-0.1, -0.05) is 29.8 Å². The van der Waals surface area contributed by atoms with Gasteiger partial charge in [-0.05, 0) is 83.7 Å². The maximum atomic E-state index is 13.8. The molecule has 2 aromatic carbocycles. The third-order valence-electron chi connectivity index (χ3n) is 7.34. The predicted octanol–water partition coefficient (Wildman–Crippen LogP) is 5.15. The molecule has 9 nitrogen and oxygen atoms in total. The number of halogens is 1. The number of hydrogen-bond donors (Lipinski definition) is 2. The van der Waals surface area contributed by atoms with Gasteiger partial charge in [-0.3, -0.25) is 9.59 Å². The maximum absolute atomic E-state index is 13.8. The number of urea groups is 1. The number of anilines is 1. The average Bonchev–Trinajstić information content (AvgIpc) is 3.04. The van der Waals surface area contributed by atoms with E-state index in [4.69, 9.17) is 21.1 Å². The predicted molar refractivity (Wildman–Crippen MR) is 160 cm³/mol. The van der Waals surface area contributed by atoms with Crippen molar-refractivity contribution in [3.8, 4) is 5.75 Å². The highest BCUT2D eigenvalue weighted by Gasteiger charge is 2.35. The van der Waals surface area contributed by atoms with E-state index in [0.717, 1.165) is 24.8 Å². The molecule has 1 saturated carbocycles. The van der Waals surface area contributed by atoms with Gasteiger partial charge >= 0.3 is 6.03 Å². The zero-order chi connectivity index (χ0) is 29.7. The molecule has 222 valence electrons. The van der Waals surface area contributed by atoms with Crippen LogP contribution >= 0.6 is 11.6 Å². The van der Waals surface area contributed by atoms with Crippen LogP contribution in [-0.4, -0.2) is 66.2 Å². The van der Waals surface area contributed by atoms with Crippen molar-refractivity contribution in [2.24, 2.45) is 0 Å². The van der Waals surface area contributed by atoms with Crippen LogP contribution in [0.25, 0.3) is 0 Å². The number of nitrogens with zero attached hydrogens (tertiary/aromatic N) is 2. The second kappa shape index (κ2) is 13.1. The van der Waals surface area contributed by atoms with Crippen LogP contribution < -0.4 is 20.3 Å².